The Labute approximate surface area is 115 Å². The maximum absolute atomic E-state index is 13.7. The molecule has 0 saturated heterocycles. The highest BCUT2D eigenvalue weighted by molar-refractivity contribution is 5.99. The van der Waals surface area contributed by atoms with Crippen LogP contribution in [0, 0.1) is 5.82 Å². The van der Waals surface area contributed by atoms with E-state index in [0.717, 1.165) is 0 Å². The second-order valence-corrected chi connectivity index (χ2v) is 3.88. The van der Waals surface area contributed by atoms with Gasteiger partial charge < -0.3 is 20.4 Å². The fourth-order valence-electron chi connectivity index (χ4n) is 1.66. The largest absolute Gasteiger partial charge is 0.497 e. The van der Waals surface area contributed by atoms with Crippen LogP contribution in [0.5, 0.6) is 17.2 Å². The van der Waals surface area contributed by atoms with Gasteiger partial charge in [-0.1, -0.05) is 11.2 Å². The minimum absolute atomic E-state index is 0.0918. The zero-order valence-corrected chi connectivity index (χ0v) is 10.7. The van der Waals surface area contributed by atoms with Crippen LogP contribution in [0.2, 0.25) is 0 Å². The Morgan fingerprint density at radius 2 is 1.80 bits per heavy atom. The van der Waals surface area contributed by atoms with Crippen molar-refractivity contribution in [1.29, 1.82) is 0 Å². The van der Waals surface area contributed by atoms with Gasteiger partial charge in [0.1, 0.15) is 23.1 Å². The van der Waals surface area contributed by atoms with E-state index in [2.05, 4.69) is 5.16 Å². The Morgan fingerprint density at radius 1 is 1.15 bits per heavy atom. The van der Waals surface area contributed by atoms with E-state index >= 15 is 0 Å². The van der Waals surface area contributed by atoms with Crippen LogP contribution in [0.1, 0.15) is 5.56 Å². The van der Waals surface area contributed by atoms with Crippen LogP contribution in [0.15, 0.2) is 47.6 Å². The minimum atomic E-state index is -0.633. The fraction of sp³-hybridized carbons (Fsp3) is 0.0714. The summed E-state index contributed by atoms with van der Waals surface area (Å²) in [5, 5.41) is 11.5. The molecule has 20 heavy (non-hydrogen) atoms. The molecule has 0 unspecified atom stereocenters. The highest BCUT2D eigenvalue weighted by atomic mass is 19.1. The molecule has 0 heterocycles. The van der Waals surface area contributed by atoms with E-state index in [-0.39, 0.29) is 17.1 Å². The molecule has 0 bridgehead atoms. The number of methoxy groups -OCH3 is 1. The van der Waals surface area contributed by atoms with Gasteiger partial charge in [0, 0.05) is 0 Å². The molecule has 2 aromatic carbocycles. The van der Waals surface area contributed by atoms with Crippen LogP contribution in [0.3, 0.4) is 0 Å². The third-order valence-corrected chi connectivity index (χ3v) is 2.63. The molecule has 0 aromatic heterocycles. The van der Waals surface area contributed by atoms with Gasteiger partial charge in [0.15, 0.2) is 5.84 Å². The van der Waals surface area contributed by atoms with Crippen molar-refractivity contribution in [2.24, 2.45) is 10.9 Å². The van der Waals surface area contributed by atoms with Crippen molar-refractivity contribution >= 4 is 5.84 Å². The predicted molar refractivity (Wildman–Crippen MR) is 72.0 cm³/mol. The summed E-state index contributed by atoms with van der Waals surface area (Å²) in [6, 6.07) is 11.0. The van der Waals surface area contributed by atoms with Crippen LogP contribution in [-0.4, -0.2) is 18.2 Å². The Morgan fingerprint density at radius 3 is 2.40 bits per heavy atom. The second kappa shape index (κ2) is 5.92. The number of rotatable bonds is 4. The molecule has 0 amide bonds. The molecular formula is C14H13FN2O3. The number of hydrogen-bond donors (Lipinski definition) is 2. The highest BCUT2D eigenvalue weighted by Crippen LogP contribution is 2.28. The molecule has 0 saturated carbocycles. The van der Waals surface area contributed by atoms with E-state index in [1.54, 1.807) is 31.4 Å². The van der Waals surface area contributed by atoms with Gasteiger partial charge in [-0.2, -0.15) is 0 Å². The summed E-state index contributed by atoms with van der Waals surface area (Å²) >= 11 is 0. The van der Waals surface area contributed by atoms with Crippen LogP contribution >= 0.6 is 0 Å². The van der Waals surface area contributed by atoms with Crippen molar-refractivity contribution in [3.05, 3.63) is 53.8 Å². The van der Waals surface area contributed by atoms with E-state index in [4.69, 9.17) is 20.4 Å². The van der Waals surface area contributed by atoms with E-state index in [0.29, 0.717) is 11.5 Å². The molecule has 3 N–H and O–H groups in total. The zero-order valence-electron chi connectivity index (χ0n) is 10.7. The first-order valence-electron chi connectivity index (χ1n) is 5.74. The van der Waals surface area contributed by atoms with Crippen molar-refractivity contribution in [3.8, 4) is 17.2 Å². The Bertz CT molecular complexity index is 627. The number of halogens is 1. The summed E-state index contributed by atoms with van der Waals surface area (Å²) in [7, 11) is 1.55. The van der Waals surface area contributed by atoms with Gasteiger partial charge in [0.2, 0.25) is 0 Å². The van der Waals surface area contributed by atoms with Crippen LogP contribution < -0.4 is 15.2 Å². The van der Waals surface area contributed by atoms with Crippen molar-refractivity contribution < 1.29 is 19.1 Å². The third kappa shape index (κ3) is 2.80. The van der Waals surface area contributed by atoms with E-state index < -0.39 is 5.82 Å². The molecule has 6 heteroatoms. The summed E-state index contributed by atoms with van der Waals surface area (Å²) in [5.41, 5.74) is 5.36. The maximum atomic E-state index is 13.7. The lowest BCUT2D eigenvalue weighted by Gasteiger charge is -2.11. The van der Waals surface area contributed by atoms with Crippen LogP contribution in [0.25, 0.3) is 0 Å². The molecule has 0 aliphatic rings. The molecule has 0 spiro atoms. The smallest absolute Gasteiger partial charge is 0.176 e. The summed E-state index contributed by atoms with van der Waals surface area (Å²) in [4.78, 5) is 0. The van der Waals surface area contributed by atoms with E-state index in [1.165, 1.54) is 18.2 Å². The number of nitrogens with two attached hydrogens (primary N) is 1. The number of hydrogen-bond acceptors (Lipinski definition) is 4. The monoisotopic (exact) mass is 276 g/mol. The van der Waals surface area contributed by atoms with Crippen LogP contribution in [0.4, 0.5) is 4.39 Å². The van der Waals surface area contributed by atoms with Crippen molar-refractivity contribution in [2.75, 3.05) is 7.11 Å². The van der Waals surface area contributed by atoms with Crippen LogP contribution in [-0.2, 0) is 0 Å². The van der Waals surface area contributed by atoms with Gasteiger partial charge in [-0.05, 0) is 36.4 Å². The number of oxime groups is 1. The van der Waals surface area contributed by atoms with Gasteiger partial charge >= 0.3 is 0 Å². The Balaban J connectivity index is 2.35. The number of nitrogens with zero attached hydrogens (tertiary/aromatic N) is 1. The lowest BCUT2D eigenvalue weighted by atomic mass is 10.1. The molecule has 0 radical (unpaired) electrons. The Kier molecular flexibility index (Phi) is 4.05. The Hall–Kier alpha value is -2.76. The van der Waals surface area contributed by atoms with Gasteiger partial charge in [-0.15, -0.1) is 0 Å². The minimum Gasteiger partial charge on any atom is -0.497 e. The zero-order chi connectivity index (χ0) is 14.5. The maximum Gasteiger partial charge on any atom is 0.176 e. The van der Waals surface area contributed by atoms with Crippen molar-refractivity contribution in [2.45, 2.75) is 0 Å². The predicted octanol–water partition coefficient (Wildman–Crippen LogP) is 2.72. The lowest BCUT2D eigenvalue weighted by molar-refractivity contribution is 0.318. The van der Waals surface area contributed by atoms with E-state index in [1.807, 2.05) is 0 Å². The SMILES string of the molecule is COc1ccc(Oc2cccc(F)c2C(N)=NO)cc1. The molecule has 0 fully saturated rings. The quantitative estimate of drug-likeness (QED) is 0.389. The van der Waals surface area contributed by atoms with Gasteiger partial charge in [-0.3, -0.25) is 0 Å². The standard InChI is InChI=1S/C14H13FN2O3/c1-19-9-5-7-10(8-6-9)20-12-4-2-3-11(15)13(12)14(16)17-18/h2-8,18H,1H3,(H2,16,17). The first-order valence-corrected chi connectivity index (χ1v) is 5.74. The molecule has 104 valence electrons. The van der Waals surface area contributed by atoms with Gasteiger partial charge in [0.25, 0.3) is 0 Å². The topological polar surface area (TPSA) is 77.1 Å². The lowest BCUT2D eigenvalue weighted by Crippen LogP contribution is -2.16. The summed E-state index contributed by atoms with van der Waals surface area (Å²) in [6.07, 6.45) is 0. The molecule has 2 aromatic rings. The average molecular weight is 276 g/mol. The molecule has 5 nitrogen and oxygen atoms in total. The van der Waals surface area contributed by atoms with Gasteiger partial charge in [-0.25, -0.2) is 4.39 Å². The first kappa shape index (κ1) is 13.7. The summed E-state index contributed by atoms with van der Waals surface area (Å²) in [5.74, 6) is 0.319. The normalized spacial score (nSPS) is 11.2. The van der Waals surface area contributed by atoms with Crippen molar-refractivity contribution in [1.82, 2.24) is 0 Å². The first-order chi connectivity index (χ1) is 9.65. The number of ether oxygens (including phenoxy) is 2. The third-order valence-electron chi connectivity index (χ3n) is 2.63. The fourth-order valence-corrected chi connectivity index (χ4v) is 1.66. The summed E-state index contributed by atoms with van der Waals surface area (Å²) in [6.45, 7) is 0. The summed E-state index contributed by atoms with van der Waals surface area (Å²) < 4.78 is 24.3. The highest BCUT2D eigenvalue weighted by Gasteiger charge is 2.14. The number of benzene rings is 2. The van der Waals surface area contributed by atoms with Gasteiger partial charge in [0.05, 0.1) is 12.7 Å². The molecule has 0 aliphatic carbocycles. The molecule has 0 atom stereocenters. The average Bonchev–Trinajstić information content (AvgIpc) is 2.47. The second-order valence-electron chi connectivity index (χ2n) is 3.88. The molecule has 0 aliphatic heterocycles. The number of amidine groups is 1. The molecular weight excluding hydrogens is 263 g/mol. The van der Waals surface area contributed by atoms with Crippen molar-refractivity contribution in [3.63, 3.8) is 0 Å². The molecule has 2 rings (SSSR count). The van der Waals surface area contributed by atoms with E-state index in [9.17, 15) is 4.39 Å².